The van der Waals surface area contributed by atoms with Gasteiger partial charge in [0, 0.05) is 24.1 Å². The van der Waals surface area contributed by atoms with Gasteiger partial charge in [0.25, 0.3) is 0 Å². The second kappa shape index (κ2) is 10.3. The van der Waals surface area contributed by atoms with Gasteiger partial charge in [0.15, 0.2) is 0 Å². The molecule has 132 valence electrons. The molecule has 1 aromatic carbocycles. The average molecular weight is 371 g/mol. The molecule has 0 aliphatic carbocycles. The van der Waals surface area contributed by atoms with E-state index in [-0.39, 0.29) is 24.9 Å². The maximum absolute atomic E-state index is 12.6. The average Bonchev–Trinajstić information content (AvgIpc) is 3.07. The van der Waals surface area contributed by atoms with Crippen LogP contribution in [0.5, 0.6) is 5.75 Å². The summed E-state index contributed by atoms with van der Waals surface area (Å²) in [6.45, 7) is 1.16. The number of thiophene rings is 1. The number of benzene rings is 1. The zero-order valence-electron chi connectivity index (χ0n) is 13.8. The van der Waals surface area contributed by atoms with Gasteiger partial charge in [-0.25, -0.2) is 0 Å². The van der Waals surface area contributed by atoms with Gasteiger partial charge in [0.2, 0.25) is 5.91 Å². The quantitative estimate of drug-likeness (QED) is 0.775. The SMILES string of the molecule is COCC(N)C(=O)N(Cc1cccs1)Cc1ccccc1OC.Cl. The fraction of sp³-hybridized carbons (Fsp3) is 0.353. The normalized spacial score (nSPS) is 11.5. The third kappa shape index (κ3) is 5.49. The van der Waals surface area contributed by atoms with Crippen LogP contribution in [0, 0.1) is 0 Å². The second-order valence-electron chi connectivity index (χ2n) is 5.15. The Morgan fingerprint density at radius 2 is 1.96 bits per heavy atom. The number of hydrogen-bond donors (Lipinski definition) is 1. The predicted molar refractivity (Wildman–Crippen MR) is 98.7 cm³/mol. The Morgan fingerprint density at radius 1 is 1.21 bits per heavy atom. The molecule has 1 amide bonds. The van der Waals surface area contributed by atoms with Gasteiger partial charge in [-0.3, -0.25) is 4.79 Å². The molecule has 0 fully saturated rings. The highest BCUT2D eigenvalue weighted by molar-refractivity contribution is 7.09. The Balaban J connectivity index is 0.00000288. The summed E-state index contributed by atoms with van der Waals surface area (Å²) < 4.78 is 10.4. The molecule has 1 unspecified atom stereocenters. The van der Waals surface area contributed by atoms with Crippen molar-refractivity contribution >= 4 is 29.7 Å². The van der Waals surface area contributed by atoms with Crippen molar-refractivity contribution in [3.63, 3.8) is 0 Å². The minimum atomic E-state index is -0.672. The molecule has 5 nitrogen and oxygen atoms in total. The van der Waals surface area contributed by atoms with E-state index in [9.17, 15) is 4.79 Å². The van der Waals surface area contributed by atoms with Crippen LogP contribution in [0.4, 0.5) is 0 Å². The van der Waals surface area contributed by atoms with Gasteiger partial charge in [0.05, 0.1) is 20.3 Å². The lowest BCUT2D eigenvalue weighted by molar-refractivity contribution is -0.135. The molecule has 0 aliphatic rings. The maximum Gasteiger partial charge on any atom is 0.242 e. The number of nitrogens with zero attached hydrogens (tertiary/aromatic N) is 1. The summed E-state index contributed by atoms with van der Waals surface area (Å²) in [7, 11) is 3.16. The lowest BCUT2D eigenvalue weighted by Gasteiger charge is -2.26. The van der Waals surface area contributed by atoms with Crippen molar-refractivity contribution in [2.45, 2.75) is 19.1 Å². The molecule has 1 heterocycles. The molecule has 1 aromatic heterocycles. The molecule has 7 heteroatoms. The van der Waals surface area contributed by atoms with Crippen LogP contribution in [0.1, 0.15) is 10.4 Å². The fourth-order valence-electron chi connectivity index (χ4n) is 2.33. The van der Waals surface area contributed by atoms with Crippen molar-refractivity contribution in [1.82, 2.24) is 4.90 Å². The van der Waals surface area contributed by atoms with Gasteiger partial charge in [-0.15, -0.1) is 23.7 Å². The van der Waals surface area contributed by atoms with E-state index in [0.717, 1.165) is 16.2 Å². The smallest absolute Gasteiger partial charge is 0.242 e. The first-order valence-electron chi connectivity index (χ1n) is 7.33. The van der Waals surface area contributed by atoms with E-state index in [1.807, 2.05) is 41.8 Å². The van der Waals surface area contributed by atoms with Gasteiger partial charge in [-0.1, -0.05) is 24.3 Å². The highest BCUT2D eigenvalue weighted by Crippen LogP contribution is 2.21. The standard InChI is InChI=1S/C17H22N2O3S.ClH/c1-21-12-15(18)17(20)19(11-14-7-5-9-23-14)10-13-6-3-4-8-16(13)22-2;/h3-9,15H,10-12,18H2,1-2H3;1H. The molecule has 2 rings (SSSR count). The van der Waals surface area contributed by atoms with E-state index >= 15 is 0 Å². The number of rotatable bonds is 8. The molecule has 0 saturated heterocycles. The van der Waals surface area contributed by atoms with E-state index in [4.69, 9.17) is 15.2 Å². The Labute approximate surface area is 152 Å². The monoisotopic (exact) mass is 370 g/mol. The first-order chi connectivity index (χ1) is 11.2. The molecule has 0 aliphatic heterocycles. The van der Waals surface area contributed by atoms with Crippen LogP contribution in [-0.2, 0) is 22.6 Å². The van der Waals surface area contributed by atoms with Crippen LogP contribution < -0.4 is 10.5 Å². The minimum absolute atomic E-state index is 0. The second-order valence-corrected chi connectivity index (χ2v) is 6.18. The van der Waals surface area contributed by atoms with Crippen LogP contribution in [-0.4, -0.2) is 37.7 Å². The first-order valence-corrected chi connectivity index (χ1v) is 8.21. The summed E-state index contributed by atoms with van der Waals surface area (Å²) in [6.07, 6.45) is 0. The molecular weight excluding hydrogens is 348 g/mol. The van der Waals surface area contributed by atoms with Crippen molar-refractivity contribution in [2.75, 3.05) is 20.8 Å². The largest absolute Gasteiger partial charge is 0.496 e. The van der Waals surface area contributed by atoms with Crippen LogP contribution in [0.3, 0.4) is 0 Å². The zero-order valence-corrected chi connectivity index (χ0v) is 15.4. The number of ether oxygens (including phenoxy) is 2. The number of halogens is 1. The topological polar surface area (TPSA) is 64.8 Å². The number of hydrogen-bond acceptors (Lipinski definition) is 5. The Hall–Kier alpha value is -1.60. The van der Waals surface area contributed by atoms with Crippen molar-refractivity contribution in [1.29, 1.82) is 0 Å². The molecule has 2 aromatic rings. The minimum Gasteiger partial charge on any atom is -0.496 e. The van der Waals surface area contributed by atoms with Crippen LogP contribution >= 0.6 is 23.7 Å². The molecule has 0 spiro atoms. The Morgan fingerprint density at radius 3 is 2.58 bits per heavy atom. The number of para-hydroxylation sites is 1. The number of amides is 1. The van der Waals surface area contributed by atoms with Gasteiger partial charge >= 0.3 is 0 Å². The van der Waals surface area contributed by atoms with Gasteiger partial charge < -0.3 is 20.1 Å². The zero-order chi connectivity index (χ0) is 16.7. The van der Waals surface area contributed by atoms with E-state index in [1.54, 1.807) is 23.3 Å². The maximum atomic E-state index is 12.6. The molecule has 2 N–H and O–H groups in total. The first kappa shape index (κ1) is 20.4. The summed E-state index contributed by atoms with van der Waals surface area (Å²) in [4.78, 5) is 15.5. The molecule has 0 bridgehead atoms. The Kier molecular flexibility index (Phi) is 8.78. The van der Waals surface area contributed by atoms with Gasteiger partial charge in [-0.2, -0.15) is 0 Å². The highest BCUT2D eigenvalue weighted by atomic mass is 35.5. The van der Waals surface area contributed by atoms with Crippen LogP contribution in [0.2, 0.25) is 0 Å². The summed E-state index contributed by atoms with van der Waals surface area (Å²) in [5, 5.41) is 2.00. The summed E-state index contributed by atoms with van der Waals surface area (Å²) in [6, 6.07) is 11.0. The van der Waals surface area contributed by atoms with Gasteiger partial charge in [0.1, 0.15) is 11.8 Å². The molecule has 1 atom stereocenters. The van der Waals surface area contributed by atoms with E-state index < -0.39 is 6.04 Å². The van der Waals surface area contributed by atoms with Crippen molar-refractivity contribution < 1.29 is 14.3 Å². The van der Waals surface area contributed by atoms with Crippen molar-refractivity contribution in [3.8, 4) is 5.75 Å². The predicted octanol–water partition coefficient (Wildman–Crippen LogP) is 2.68. The third-order valence-corrected chi connectivity index (χ3v) is 4.32. The van der Waals surface area contributed by atoms with Crippen LogP contribution in [0.15, 0.2) is 41.8 Å². The number of carbonyl (C=O) groups excluding carboxylic acids is 1. The summed E-state index contributed by atoms with van der Waals surface area (Å²) in [5.41, 5.74) is 6.89. The fourth-order valence-corrected chi connectivity index (χ4v) is 3.05. The van der Waals surface area contributed by atoms with E-state index in [0.29, 0.717) is 13.1 Å². The third-order valence-electron chi connectivity index (χ3n) is 3.46. The van der Waals surface area contributed by atoms with Gasteiger partial charge in [-0.05, 0) is 17.5 Å². The van der Waals surface area contributed by atoms with Crippen molar-refractivity contribution in [2.24, 2.45) is 5.73 Å². The number of carbonyl (C=O) groups is 1. The Bertz CT molecular complexity index is 622. The molecular formula is C17H23ClN2O3S. The lowest BCUT2D eigenvalue weighted by Crippen LogP contribution is -2.45. The number of nitrogens with two attached hydrogens (primary N) is 1. The molecule has 24 heavy (non-hydrogen) atoms. The van der Waals surface area contributed by atoms with Crippen LogP contribution in [0.25, 0.3) is 0 Å². The summed E-state index contributed by atoms with van der Waals surface area (Å²) >= 11 is 1.62. The van der Waals surface area contributed by atoms with E-state index in [1.165, 1.54) is 7.11 Å². The summed E-state index contributed by atoms with van der Waals surface area (Å²) in [5.74, 6) is 0.628. The molecule has 0 radical (unpaired) electrons. The van der Waals surface area contributed by atoms with E-state index in [2.05, 4.69) is 0 Å². The number of methoxy groups -OCH3 is 2. The lowest BCUT2D eigenvalue weighted by atomic mass is 10.1. The molecule has 0 saturated carbocycles. The highest BCUT2D eigenvalue weighted by Gasteiger charge is 2.22. The van der Waals surface area contributed by atoms with Crippen molar-refractivity contribution in [3.05, 3.63) is 52.2 Å².